The molecule has 0 bridgehead atoms. The lowest BCUT2D eigenvalue weighted by molar-refractivity contribution is -0.384. The van der Waals surface area contributed by atoms with Crippen LogP contribution >= 0.6 is 15.9 Å². The summed E-state index contributed by atoms with van der Waals surface area (Å²) in [6.07, 6.45) is 0.145. The number of para-hydroxylation sites is 1. The smallest absolute Gasteiger partial charge is 0.269 e. The third-order valence-electron chi connectivity index (χ3n) is 5.11. The van der Waals surface area contributed by atoms with E-state index >= 15 is 0 Å². The highest BCUT2D eigenvalue weighted by Gasteiger charge is 2.38. The Hall–Kier alpha value is -2.74. The zero-order valence-electron chi connectivity index (χ0n) is 15.5. The molecule has 28 heavy (non-hydrogen) atoms. The van der Waals surface area contributed by atoms with Gasteiger partial charge in [0.2, 0.25) is 11.8 Å². The molecule has 2 amide bonds. The molecule has 1 fully saturated rings. The molecule has 7 nitrogen and oxygen atoms in total. The summed E-state index contributed by atoms with van der Waals surface area (Å²) in [7, 11) is 1.66. The molecule has 1 saturated heterocycles. The quantitative estimate of drug-likeness (QED) is 0.515. The summed E-state index contributed by atoms with van der Waals surface area (Å²) in [5.74, 6) is -0.700. The Morgan fingerprint density at radius 1 is 1.29 bits per heavy atom. The number of hydrogen-bond acceptors (Lipinski definition) is 4. The zero-order chi connectivity index (χ0) is 20.4. The standard InChI is InChI=1S/C20H20BrN3O4/c1-13(14-6-5-7-16(10-14)24(27)28)22(2)20(26)15-11-19(25)23(12-15)18-9-4-3-8-17(18)21/h3-10,13,15H,11-12H2,1-2H3/t13-,15+/m1/s1. The summed E-state index contributed by atoms with van der Waals surface area (Å²) in [4.78, 5) is 39.2. The molecule has 0 spiro atoms. The van der Waals surface area contributed by atoms with Crippen LogP contribution in [0.2, 0.25) is 0 Å². The molecule has 1 heterocycles. The number of rotatable bonds is 5. The van der Waals surface area contributed by atoms with Gasteiger partial charge in [-0.25, -0.2) is 0 Å². The summed E-state index contributed by atoms with van der Waals surface area (Å²) in [5, 5.41) is 11.0. The van der Waals surface area contributed by atoms with Crippen LogP contribution in [0.15, 0.2) is 53.0 Å². The van der Waals surface area contributed by atoms with Crippen LogP contribution in [0.4, 0.5) is 11.4 Å². The number of carbonyl (C=O) groups is 2. The molecule has 146 valence electrons. The molecule has 0 unspecified atom stereocenters. The molecular weight excluding hydrogens is 426 g/mol. The molecule has 3 rings (SSSR count). The van der Waals surface area contributed by atoms with E-state index in [0.717, 1.165) is 10.2 Å². The molecule has 2 aromatic rings. The van der Waals surface area contributed by atoms with Gasteiger partial charge in [0, 0.05) is 36.6 Å². The average Bonchev–Trinajstić information content (AvgIpc) is 3.08. The molecule has 2 atom stereocenters. The second-order valence-electron chi connectivity index (χ2n) is 6.83. The molecular formula is C20H20BrN3O4. The van der Waals surface area contributed by atoms with Gasteiger partial charge in [0.25, 0.3) is 5.69 Å². The summed E-state index contributed by atoms with van der Waals surface area (Å²) >= 11 is 3.45. The van der Waals surface area contributed by atoms with E-state index in [1.807, 2.05) is 31.2 Å². The highest BCUT2D eigenvalue weighted by atomic mass is 79.9. The van der Waals surface area contributed by atoms with Gasteiger partial charge in [0.1, 0.15) is 0 Å². The van der Waals surface area contributed by atoms with Crippen LogP contribution in [0.5, 0.6) is 0 Å². The van der Waals surface area contributed by atoms with Crippen LogP contribution in [-0.4, -0.2) is 35.2 Å². The predicted molar refractivity (Wildman–Crippen MR) is 109 cm³/mol. The Morgan fingerprint density at radius 2 is 2.00 bits per heavy atom. The number of amides is 2. The Kier molecular flexibility index (Phi) is 5.79. The fourth-order valence-electron chi connectivity index (χ4n) is 3.38. The Morgan fingerprint density at radius 3 is 2.68 bits per heavy atom. The molecule has 2 aromatic carbocycles. The van der Waals surface area contributed by atoms with Crippen molar-refractivity contribution >= 4 is 39.1 Å². The highest BCUT2D eigenvalue weighted by molar-refractivity contribution is 9.10. The van der Waals surface area contributed by atoms with Crippen LogP contribution in [-0.2, 0) is 9.59 Å². The van der Waals surface area contributed by atoms with Gasteiger partial charge in [-0.3, -0.25) is 19.7 Å². The SMILES string of the molecule is C[C@H](c1cccc([N+](=O)[O-])c1)N(C)C(=O)[C@H]1CC(=O)N(c2ccccc2Br)C1. The van der Waals surface area contributed by atoms with Crippen molar-refractivity contribution in [3.8, 4) is 0 Å². The van der Waals surface area contributed by atoms with E-state index in [1.54, 1.807) is 29.0 Å². The maximum atomic E-state index is 13.0. The van der Waals surface area contributed by atoms with Gasteiger partial charge in [0.15, 0.2) is 0 Å². The second-order valence-corrected chi connectivity index (χ2v) is 7.69. The van der Waals surface area contributed by atoms with Crippen molar-refractivity contribution in [2.75, 3.05) is 18.5 Å². The number of nitro groups is 1. The molecule has 0 aromatic heterocycles. The van der Waals surface area contributed by atoms with Crippen molar-refractivity contribution in [1.29, 1.82) is 0 Å². The Balaban J connectivity index is 1.75. The molecule has 8 heteroatoms. The number of non-ortho nitro benzene ring substituents is 1. The number of carbonyl (C=O) groups excluding carboxylic acids is 2. The van der Waals surface area contributed by atoms with E-state index in [9.17, 15) is 19.7 Å². The topological polar surface area (TPSA) is 83.8 Å². The van der Waals surface area contributed by atoms with Crippen LogP contribution in [0, 0.1) is 16.0 Å². The third-order valence-corrected chi connectivity index (χ3v) is 5.78. The first-order valence-electron chi connectivity index (χ1n) is 8.85. The first-order chi connectivity index (χ1) is 13.3. The number of halogens is 1. The fraction of sp³-hybridized carbons (Fsp3) is 0.300. The molecule has 0 N–H and O–H groups in total. The monoisotopic (exact) mass is 445 g/mol. The van der Waals surface area contributed by atoms with Crippen LogP contribution in [0.3, 0.4) is 0 Å². The van der Waals surface area contributed by atoms with E-state index in [4.69, 9.17) is 0 Å². The fourth-order valence-corrected chi connectivity index (χ4v) is 3.88. The lowest BCUT2D eigenvalue weighted by Crippen LogP contribution is -2.36. The molecule has 0 radical (unpaired) electrons. The van der Waals surface area contributed by atoms with Gasteiger partial charge in [-0.2, -0.15) is 0 Å². The van der Waals surface area contributed by atoms with E-state index in [2.05, 4.69) is 15.9 Å². The minimum Gasteiger partial charge on any atom is -0.339 e. The zero-order valence-corrected chi connectivity index (χ0v) is 17.1. The normalized spacial score (nSPS) is 17.5. The summed E-state index contributed by atoms with van der Waals surface area (Å²) < 4.78 is 0.801. The number of nitro benzene ring substituents is 1. The molecule has 1 aliphatic heterocycles. The van der Waals surface area contributed by atoms with Gasteiger partial charge >= 0.3 is 0 Å². The van der Waals surface area contributed by atoms with E-state index in [0.29, 0.717) is 12.1 Å². The van der Waals surface area contributed by atoms with Crippen LogP contribution in [0.1, 0.15) is 24.9 Å². The van der Waals surface area contributed by atoms with Crippen LogP contribution < -0.4 is 4.90 Å². The van der Waals surface area contributed by atoms with Gasteiger partial charge in [-0.15, -0.1) is 0 Å². The number of anilines is 1. The van der Waals surface area contributed by atoms with Gasteiger partial charge < -0.3 is 9.80 Å². The maximum absolute atomic E-state index is 13.0. The van der Waals surface area contributed by atoms with E-state index < -0.39 is 10.8 Å². The summed E-state index contributed by atoms with van der Waals surface area (Å²) in [5.41, 5.74) is 1.41. The lowest BCUT2D eigenvalue weighted by Gasteiger charge is -2.28. The second kappa shape index (κ2) is 8.10. The third kappa shape index (κ3) is 3.91. The van der Waals surface area contributed by atoms with Crippen molar-refractivity contribution in [3.05, 3.63) is 68.7 Å². The van der Waals surface area contributed by atoms with Gasteiger partial charge in [-0.1, -0.05) is 24.3 Å². The van der Waals surface area contributed by atoms with Gasteiger partial charge in [-0.05, 0) is 40.5 Å². The number of hydrogen-bond donors (Lipinski definition) is 0. The Bertz CT molecular complexity index is 933. The molecule has 0 aliphatic carbocycles. The number of benzene rings is 2. The summed E-state index contributed by atoms with van der Waals surface area (Å²) in [6, 6.07) is 13.3. The number of nitrogens with zero attached hydrogens (tertiary/aromatic N) is 3. The van der Waals surface area contributed by atoms with Crippen molar-refractivity contribution in [2.24, 2.45) is 5.92 Å². The van der Waals surface area contributed by atoms with E-state index in [1.165, 1.54) is 12.1 Å². The largest absolute Gasteiger partial charge is 0.339 e. The average molecular weight is 446 g/mol. The van der Waals surface area contributed by atoms with Crippen molar-refractivity contribution in [3.63, 3.8) is 0 Å². The molecule has 0 saturated carbocycles. The van der Waals surface area contributed by atoms with E-state index in [-0.39, 0.29) is 30.0 Å². The van der Waals surface area contributed by atoms with Crippen molar-refractivity contribution < 1.29 is 14.5 Å². The highest BCUT2D eigenvalue weighted by Crippen LogP contribution is 2.33. The first kappa shape index (κ1) is 20.0. The first-order valence-corrected chi connectivity index (χ1v) is 9.64. The van der Waals surface area contributed by atoms with Crippen LogP contribution in [0.25, 0.3) is 0 Å². The lowest BCUT2D eigenvalue weighted by atomic mass is 10.0. The minimum absolute atomic E-state index is 0.0126. The van der Waals surface area contributed by atoms with Crippen molar-refractivity contribution in [2.45, 2.75) is 19.4 Å². The summed E-state index contributed by atoms with van der Waals surface area (Å²) in [6.45, 7) is 2.13. The Labute approximate surface area is 171 Å². The van der Waals surface area contributed by atoms with Gasteiger partial charge in [0.05, 0.1) is 22.6 Å². The molecule has 1 aliphatic rings. The van der Waals surface area contributed by atoms with Crippen molar-refractivity contribution in [1.82, 2.24) is 4.90 Å². The maximum Gasteiger partial charge on any atom is 0.269 e. The predicted octanol–water partition coefficient (Wildman–Crippen LogP) is 3.93. The minimum atomic E-state index is -0.455.